The minimum atomic E-state index is -3.69. The lowest BCUT2D eigenvalue weighted by Gasteiger charge is -2.19. The first-order chi connectivity index (χ1) is 13.5. The molecule has 0 aliphatic heterocycles. The van der Waals surface area contributed by atoms with Gasteiger partial charge in [0.25, 0.3) is 15.9 Å². The van der Waals surface area contributed by atoms with Gasteiger partial charge in [0.15, 0.2) is 0 Å². The Kier molecular flexibility index (Phi) is 6.10. The molecule has 0 fully saturated rings. The Labute approximate surface area is 164 Å². The van der Waals surface area contributed by atoms with Crippen LogP contribution in [0.4, 0.5) is 5.69 Å². The van der Waals surface area contributed by atoms with Crippen molar-refractivity contribution in [1.29, 1.82) is 0 Å². The standard InChI is InChI=1S/C20H22N4O3S/c1-23(18-6-3-2-4-7-18)28(26,27)19-10-8-17(9-11-19)20(25)22-12-5-14-24-15-13-21-16-24/h2-4,6-11,13,15-16H,5,12,14H2,1H3,(H,22,25). The fourth-order valence-corrected chi connectivity index (χ4v) is 3.89. The number of aromatic nitrogens is 2. The van der Waals surface area contributed by atoms with Gasteiger partial charge in [-0.25, -0.2) is 13.4 Å². The molecule has 28 heavy (non-hydrogen) atoms. The lowest BCUT2D eigenvalue weighted by atomic mass is 10.2. The number of hydrogen-bond acceptors (Lipinski definition) is 4. The number of nitrogens with zero attached hydrogens (tertiary/aromatic N) is 3. The maximum Gasteiger partial charge on any atom is 0.264 e. The monoisotopic (exact) mass is 398 g/mol. The molecular formula is C20H22N4O3S. The van der Waals surface area contributed by atoms with Crippen molar-refractivity contribution in [3.8, 4) is 0 Å². The smallest absolute Gasteiger partial charge is 0.264 e. The van der Waals surface area contributed by atoms with Crippen LogP contribution in [-0.2, 0) is 16.6 Å². The molecule has 0 spiro atoms. The van der Waals surface area contributed by atoms with E-state index in [9.17, 15) is 13.2 Å². The molecule has 0 radical (unpaired) electrons. The molecule has 0 saturated heterocycles. The molecule has 7 nitrogen and oxygen atoms in total. The van der Waals surface area contributed by atoms with Gasteiger partial charge in [0.2, 0.25) is 0 Å². The number of imidazole rings is 1. The second kappa shape index (κ2) is 8.71. The summed E-state index contributed by atoms with van der Waals surface area (Å²) in [6.07, 6.45) is 6.08. The van der Waals surface area contributed by atoms with Gasteiger partial charge in [-0.2, -0.15) is 0 Å². The van der Waals surface area contributed by atoms with Crippen molar-refractivity contribution in [2.24, 2.45) is 0 Å². The highest BCUT2D eigenvalue weighted by atomic mass is 32.2. The van der Waals surface area contributed by atoms with Gasteiger partial charge >= 0.3 is 0 Å². The number of carbonyl (C=O) groups excluding carboxylic acids is 1. The van der Waals surface area contributed by atoms with E-state index in [1.807, 2.05) is 16.8 Å². The Morgan fingerprint density at radius 2 is 1.82 bits per heavy atom. The molecule has 1 aromatic heterocycles. The molecule has 3 rings (SSSR count). The molecule has 3 aromatic rings. The molecular weight excluding hydrogens is 376 g/mol. The molecule has 1 amide bonds. The third kappa shape index (κ3) is 4.58. The Morgan fingerprint density at radius 3 is 2.46 bits per heavy atom. The van der Waals surface area contributed by atoms with E-state index < -0.39 is 10.0 Å². The zero-order chi connectivity index (χ0) is 20.0. The van der Waals surface area contributed by atoms with Crippen molar-refractivity contribution in [2.75, 3.05) is 17.9 Å². The Bertz CT molecular complexity index is 1000. The number of amides is 1. The maximum absolute atomic E-state index is 12.8. The van der Waals surface area contributed by atoms with Gasteiger partial charge in [0.1, 0.15) is 0 Å². The maximum atomic E-state index is 12.8. The third-order valence-electron chi connectivity index (χ3n) is 4.33. The van der Waals surface area contributed by atoms with Crippen molar-refractivity contribution in [1.82, 2.24) is 14.9 Å². The number of hydrogen-bond donors (Lipinski definition) is 1. The average molecular weight is 398 g/mol. The number of sulfonamides is 1. The Hall–Kier alpha value is -3.13. The molecule has 8 heteroatoms. The fourth-order valence-electron chi connectivity index (χ4n) is 2.70. The quantitative estimate of drug-likeness (QED) is 0.591. The van der Waals surface area contributed by atoms with E-state index in [1.54, 1.807) is 36.8 Å². The third-order valence-corrected chi connectivity index (χ3v) is 6.13. The predicted molar refractivity (Wildman–Crippen MR) is 108 cm³/mol. The minimum Gasteiger partial charge on any atom is -0.352 e. The second-order valence-corrected chi connectivity index (χ2v) is 8.21. The number of rotatable bonds is 8. The van der Waals surface area contributed by atoms with Gasteiger partial charge in [0.05, 0.1) is 16.9 Å². The molecule has 0 aliphatic rings. The van der Waals surface area contributed by atoms with Crippen molar-refractivity contribution >= 4 is 21.6 Å². The number of para-hydroxylation sites is 1. The van der Waals surface area contributed by atoms with Gasteiger partial charge in [-0.05, 0) is 42.8 Å². The highest BCUT2D eigenvalue weighted by molar-refractivity contribution is 7.92. The SMILES string of the molecule is CN(c1ccccc1)S(=O)(=O)c1ccc(C(=O)NCCCn2ccnc2)cc1. The normalized spacial score (nSPS) is 11.2. The van der Waals surface area contributed by atoms with Crippen LogP contribution in [0.3, 0.4) is 0 Å². The molecule has 2 aromatic carbocycles. The summed E-state index contributed by atoms with van der Waals surface area (Å²) in [6.45, 7) is 1.29. The van der Waals surface area contributed by atoms with E-state index in [1.165, 1.54) is 35.6 Å². The van der Waals surface area contributed by atoms with Crippen molar-refractivity contribution < 1.29 is 13.2 Å². The van der Waals surface area contributed by atoms with E-state index in [-0.39, 0.29) is 10.8 Å². The number of benzene rings is 2. The zero-order valence-electron chi connectivity index (χ0n) is 15.5. The summed E-state index contributed by atoms with van der Waals surface area (Å²) in [5.74, 6) is -0.231. The van der Waals surface area contributed by atoms with Gasteiger partial charge < -0.3 is 9.88 Å². The summed E-state index contributed by atoms with van der Waals surface area (Å²) < 4.78 is 28.7. The first kappa shape index (κ1) is 19.6. The van der Waals surface area contributed by atoms with E-state index >= 15 is 0 Å². The first-order valence-electron chi connectivity index (χ1n) is 8.86. The second-order valence-electron chi connectivity index (χ2n) is 6.24. The van der Waals surface area contributed by atoms with Crippen LogP contribution in [0.1, 0.15) is 16.8 Å². The molecule has 0 unspecified atom stereocenters. The van der Waals surface area contributed by atoms with Crippen LogP contribution in [0.25, 0.3) is 0 Å². The number of anilines is 1. The molecule has 146 valence electrons. The largest absolute Gasteiger partial charge is 0.352 e. The van der Waals surface area contributed by atoms with E-state index in [0.717, 1.165) is 13.0 Å². The van der Waals surface area contributed by atoms with Crippen LogP contribution in [0.5, 0.6) is 0 Å². The molecule has 0 saturated carbocycles. The summed E-state index contributed by atoms with van der Waals surface area (Å²) in [5.41, 5.74) is 0.992. The average Bonchev–Trinajstić information content (AvgIpc) is 3.25. The van der Waals surface area contributed by atoms with Crippen LogP contribution >= 0.6 is 0 Å². The highest BCUT2D eigenvalue weighted by Crippen LogP contribution is 2.21. The predicted octanol–water partition coefficient (Wildman–Crippen LogP) is 2.53. The van der Waals surface area contributed by atoms with Crippen molar-refractivity contribution in [3.05, 3.63) is 78.9 Å². The fraction of sp³-hybridized carbons (Fsp3) is 0.200. The summed E-state index contributed by atoms with van der Waals surface area (Å²) in [5, 5.41) is 2.84. The van der Waals surface area contributed by atoms with Crippen molar-refractivity contribution in [3.63, 3.8) is 0 Å². The highest BCUT2D eigenvalue weighted by Gasteiger charge is 2.21. The van der Waals surface area contributed by atoms with E-state index in [4.69, 9.17) is 0 Å². The zero-order valence-corrected chi connectivity index (χ0v) is 16.3. The van der Waals surface area contributed by atoms with Gasteiger partial charge in [-0.1, -0.05) is 18.2 Å². The summed E-state index contributed by atoms with van der Waals surface area (Å²) >= 11 is 0. The molecule has 0 atom stereocenters. The van der Waals surface area contributed by atoms with E-state index in [2.05, 4.69) is 10.3 Å². The van der Waals surface area contributed by atoms with Gasteiger partial charge in [0, 0.05) is 38.1 Å². The minimum absolute atomic E-state index is 0.135. The van der Waals surface area contributed by atoms with Gasteiger partial charge in [-0.15, -0.1) is 0 Å². The Morgan fingerprint density at radius 1 is 1.11 bits per heavy atom. The van der Waals surface area contributed by atoms with Crippen LogP contribution in [-0.4, -0.2) is 37.5 Å². The van der Waals surface area contributed by atoms with Crippen LogP contribution in [0.2, 0.25) is 0 Å². The van der Waals surface area contributed by atoms with Crippen LogP contribution in [0.15, 0.2) is 78.2 Å². The van der Waals surface area contributed by atoms with Crippen molar-refractivity contribution in [2.45, 2.75) is 17.9 Å². The first-order valence-corrected chi connectivity index (χ1v) is 10.3. The molecule has 1 heterocycles. The summed E-state index contributed by atoms with van der Waals surface area (Å²) in [6, 6.07) is 14.8. The molecule has 1 N–H and O–H groups in total. The van der Waals surface area contributed by atoms with Gasteiger partial charge in [-0.3, -0.25) is 9.10 Å². The lowest BCUT2D eigenvalue weighted by Crippen LogP contribution is -2.27. The Balaban J connectivity index is 1.59. The van der Waals surface area contributed by atoms with E-state index in [0.29, 0.717) is 17.8 Å². The topological polar surface area (TPSA) is 84.3 Å². The number of carbonyl (C=O) groups is 1. The van der Waals surface area contributed by atoms with Crippen LogP contribution in [0, 0.1) is 0 Å². The number of aryl methyl sites for hydroxylation is 1. The molecule has 0 bridgehead atoms. The lowest BCUT2D eigenvalue weighted by molar-refractivity contribution is 0.0952. The summed E-state index contributed by atoms with van der Waals surface area (Å²) in [4.78, 5) is 16.3. The summed E-state index contributed by atoms with van der Waals surface area (Å²) in [7, 11) is -2.18. The number of nitrogens with one attached hydrogen (secondary N) is 1. The molecule has 0 aliphatic carbocycles. The van der Waals surface area contributed by atoms with Crippen LogP contribution < -0.4 is 9.62 Å².